The van der Waals surface area contributed by atoms with Crippen LogP contribution in [-0.2, 0) is 14.2 Å². The molecular weight excluding hydrogens is 208 g/mol. The molecular formula is C12H20O4. The molecule has 4 nitrogen and oxygen atoms in total. The highest BCUT2D eigenvalue weighted by molar-refractivity contribution is 5.03. The molecule has 4 rings (SSSR count). The Balaban J connectivity index is 1.88. The topological polar surface area (TPSA) is 47.9 Å². The third-order valence-electron chi connectivity index (χ3n) is 4.19. The largest absolute Gasteiger partial charge is 0.393 e. The molecule has 16 heavy (non-hydrogen) atoms. The molecule has 4 heterocycles. The van der Waals surface area contributed by atoms with Crippen molar-refractivity contribution < 1.29 is 19.3 Å². The summed E-state index contributed by atoms with van der Waals surface area (Å²) in [6.45, 7) is 4.48. The molecule has 4 saturated heterocycles. The van der Waals surface area contributed by atoms with Gasteiger partial charge in [0.25, 0.3) is 5.97 Å². The Hall–Kier alpha value is -0.160. The first kappa shape index (κ1) is 11.0. The van der Waals surface area contributed by atoms with Gasteiger partial charge in [-0.3, -0.25) is 9.47 Å². The predicted molar refractivity (Wildman–Crippen MR) is 56.5 cm³/mol. The van der Waals surface area contributed by atoms with E-state index in [1.807, 2.05) is 13.8 Å². The summed E-state index contributed by atoms with van der Waals surface area (Å²) in [6.07, 6.45) is 4.32. The fourth-order valence-electron chi connectivity index (χ4n) is 3.52. The van der Waals surface area contributed by atoms with Crippen LogP contribution in [0.25, 0.3) is 0 Å². The monoisotopic (exact) mass is 228 g/mol. The van der Waals surface area contributed by atoms with E-state index in [2.05, 4.69) is 0 Å². The van der Waals surface area contributed by atoms with Crippen molar-refractivity contribution in [1.29, 1.82) is 0 Å². The second-order valence-corrected chi connectivity index (χ2v) is 5.68. The molecule has 0 aromatic heterocycles. The van der Waals surface area contributed by atoms with Crippen molar-refractivity contribution in [3.05, 3.63) is 0 Å². The molecule has 92 valence electrons. The van der Waals surface area contributed by atoms with Crippen LogP contribution in [0.15, 0.2) is 0 Å². The van der Waals surface area contributed by atoms with E-state index in [9.17, 15) is 5.11 Å². The zero-order chi connectivity index (χ0) is 11.4. The second-order valence-electron chi connectivity index (χ2n) is 5.68. The first-order valence-corrected chi connectivity index (χ1v) is 6.22. The van der Waals surface area contributed by atoms with E-state index >= 15 is 0 Å². The van der Waals surface area contributed by atoms with E-state index in [1.165, 1.54) is 0 Å². The Morgan fingerprint density at radius 1 is 1.25 bits per heavy atom. The minimum absolute atomic E-state index is 0.142. The van der Waals surface area contributed by atoms with E-state index in [0.29, 0.717) is 13.0 Å². The van der Waals surface area contributed by atoms with Gasteiger partial charge in [0.1, 0.15) is 0 Å². The zero-order valence-electron chi connectivity index (χ0n) is 9.99. The Kier molecular flexibility index (Phi) is 2.19. The SMILES string of the molecule is CC(O)CC12CCCOC13OC(C)(CC2)O3. The number of rotatable bonds is 2. The molecule has 2 atom stereocenters. The highest BCUT2D eigenvalue weighted by Crippen LogP contribution is 2.64. The van der Waals surface area contributed by atoms with Gasteiger partial charge in [-0.15, -0.1) is 0 Å². The van der Waals surface area contributed by atoms with Crippen molar-refractivity contribution >= 4 is 0 Å². The number of hydrogen-bond donors (Lipinski definition) is 1. The van der Waals surface area contributed by atoms with E-state index in [1.54, 1.807) is 0 Å². The van der Waals surface area contributed by atoms with Gasteiger partial charge in [-0.1, -0.05) is 0 Å². The van der Waals surface area contributed by atoms with Crippen LogP contribution >= 0.6 is 0 Å². The van der Waals surface area contributed by atoms with E-state index in [0.717, 1.165) is 25.7 Å². The smallest absolute Gasteiger partial charge is 0.293 e. The standard InChI is InChI=1S/C12H20O4/c1-9(13)8-11-4-3-7-14-12(11)15-10(2,16-12)5-6-11/h9,13H,3-8H2,1-2H3. The summed E-state index contributed by atoms with van der Waals surface area (Å²) in [4.78, 5) is 0. The predicted octanol–water partition coefficient (Wildman–Crippen LogP) is 1.76. The lowest BCUT2D eigenvalue weighted by Crippen LogP contribution is -2.75. The van der Waals surface area contributed by atoms with Crippen molar-refractivity contribution in [2.75, 3.05) is 6.61 Å². The molecule has 1 spiro atoms. The third-order valence-corrected chi connectivity index (χ3v) is 4.19. The highest BCUT2D eigenvalue weighted by atomic mass is 17.0. The molecule has 4 fully saturated rings. The molecule has 2 unspecified atom stereocenters. The highest BCUT2D eigenvalue weighted by Gasteiger charge is 2.72. The van der Waals surface area contributed by atoms with Crippen molar-refractivity contribution in [1.82, 2.24) is 0 Å². The fraction of sp³-hybridized carbons (Fsp3) is 1.00. The Bertz CT molecular complexity index is 295. The molecule has 0 aromatic carbocycles. The Morgan fingerprint density at radius 3 is 2.69 bits per heavy atom. The molecule has 0 radical (unpaired) electrons. The lowest BCUT2D eigenvalue weighted by atomic mass is 9.67. The maximum atomic E-state index is 9.67. The molecule has 4 aliphatic rings. The van der Waals surface area contributed by atoms with Crippen molar-refractivity contribution in [2.24, 2.45) is 5.41 Å². The quantitative estimate of drug-likeness (QED) is 0.782. The molecule has 4 heteroatoms. The fourth-order valence-corrected chi connectivity index (χ4v) is 3.52. The Morgan fingerprint density at radius 2 is 2.00 bits per heavy atom. The van der Waals surface area contributed by atoms with Crippen molar-refractivity contribution in [3.63, 3.8) is 0 Å². The normalized spacial score (nSPS) is 52.7. The maximum absolute atomic E-state index is 9.67. The molecule has 0 saturated carbocycles. The van der Waals surface area contributed by atoms with E-state index in [4.69, 9.17) is 14.2 Å². The number of hydrogen-bond acceptors (Lipinski definition) is 4. The zero-order valence-corrected chi connectivity index (χ0v) is 9.99. The summed E-state index contributed by atoms with van der Waals surface area (Å²) in [7, 11) is 0. The summed E-state index contributed by atoms with van der Waals surface area (Å²) in [5.41, 5.74) is -0.142. The lowest BCUT2D eigenvalue weighted by Gasteiger charge is -2.67. The van der Waals surface area contributed by atoms with Crippen LogP contribution < -0.4 is 0 Å². The number of aliphatic hydroxyl groups is 1. The van der Waals surface area contributed by atoms with E-state index in [-0.39, 0.29) is 11.5 Å². The number of aliphatic hydroxyl groups excluding tert-OH is 1. The molecule has 1 N–H and O–H groups in total. The molecule has 0 amide bonds. The van der Waals surface area contributed by atoms with Gasteiger partial charge in [-0.05, 0) is 39.5 Å². The summed E-state index contributed by atoms with van der Waals surface area (Å²) in [5, 5.41) is 9.67. The van der Waals surface area contributed by atoms with Gasteiger partial charge in [-0.25, -0.2) is 0 Å². The van der Waals surface area contributed by atoms with Gasteiger partial charge in [0.2, 0.25) is 0 Å². The summed E-state index contributed by atoms with van der Waals surface area (Å²) >= 11 is 0. The van der Waals surface area contributed by atoms with Gasteiger partial charge in [-0.2, -0.15) is 0 Å². The minimum atomic E-state index is -0.852. The summed E-state index contributed by atoms with van der Waals surface area (Å²) in [6, 6.07) is 0. The second kappa shape index (κ2) is 3.19. The van der Waals surface area contributed by atoms with Gasteiger partial charge in [0.05, 0.1) is 18.1 Å². The van der Waals surface area contributed by atoms with Crippen LogP contribution in [0.3, 0.4) is 0 Å². The van der Waals surface area contributed by atoms with Crippen molar-refractivity contribution in [2.45, 2.75) is 63.8 Å². The minimum Gasteiger partial charge on any atom is -0.393 e. The molecule has 2 bridgehead atoms. The van der Waals surface area contributed by atoms with Crippen LogP contribution in [0.5, 0.6) is 0 Å². The summed E-state index contributed by atoms with van der Waals surface area (Å²) < 4.78 is 17.6. The van der Waals surface area contributed by atoms with Gasteiger partial charge < -0.3 is 9.84 Å². The third kappa shape index (κ3) is 1.30. The maximum Gasteiger partial charge on any atom is 0.293 e. The van der Waals surface area contributed by atoms with Crippen LogP contribution in [0, 0.1) is 5.41 Å². The number of ether oxygens (including phenoxy) is 3. The van der Waals surface area contributed by atoms with Crippen molar-refractivity contribution in [3.8, 4) is 0 Å². The van der Waals surface area contributed by atoms with Gasteiger partial charge in [0, 0.05) is 6.42 Å². The molecule has 4 aliphatic heterocycles. The van der Waals surface area contributed by atoms with E-state index < -0.39 is 11.8 Å². The van der Waals surface area contributed by atoms with Crippen LogP contribution in [0.4, 0.5) is 0 Å². The lowest BCUT2D eigenvalue weighted by molar-refractivity contribution is -0.638. The molecule has 0 aromatic rings. The first-order chi connectivity index (χ1) is 7.49. The van der Waals surface area contributed by atoms with Crippen LogP contribution in [0.1, 0.15) is 46.0 Å². The van der Waals surface area contributed by atoms with Gasteiger partial charge >= 0.3 is 0 Å². The summed E-state index contributed by atoms with van der Waals surface area (Å²) in [5.74, 6) is -1.30. The average Bonchev–Trinajstić information content (AvgIpc) is 2.16. The number of fused-ring (bicyclic) bond motifs is 1. The Labute approximate surface area is 95.9 Å². The average molecular weight is 228 g/mol. The molecule has 0 aliphatic carbocycles. The van der Waals surface area contributed by atoms with Gasteiger partial charge in [0.15, 0.2) is 5.79 Å². The first-order valence-electron chi connectivity index (χ1n) is 6.22. The van der Waals surface area contributed by atoms with Crippen LogP contribution in [0.2, 0.25) is 0 Å². The van der Waals surface area contributed by atoms with Crippen LogP contribution in [-0.4, -0.2) is 29.6 Å².